The number of nitrogens with one attached hydrogen (secondary N) is 1. The molecule has 0 atom stereocenters. The number of aryl methyl sites for hydroxylation is 3. The molecule has 0 bridgehead atoms. The van der Waals surface area contributed by atoms with E-state index in [4.69, 9.17) is 4.42 Å². The maximum Gasteiger partial charge on any atom is 0.251 e. The molecule has 0 saturated carbocycles. The Bertz CT molecular complexity index is 1470. The molecule has 1 N–H and O–H groups in total. The number of benzene rings is 3. The average Bonchev–Trinajstić information content (AvgIpc) is 3.55. The van der Waals surface area contributed by atoms with Gasteiger partial charge in [-0.15, -0.1) is 10.2 Å². The van der Waals surface area contributed by atoms with Crippen molar-refractivity contribution >= 4 is 5.91 Å². The summed E-state index contributed by atoms with van der Waals surface area (Å²) in [7, 11) is 0. The highest BCUT2D eigenvalue weighted by Crippen LogP contribution is 2.26. The molecule has 0 radical (unpaired) electrons. The minimum absolute atomic E-state index is 0.107. The maximum absolute atomic E-state index is 12.6. The first-order valence-corrected chi connectivity index (χ1v) is 12.0. The SMILES string of the molecule is Cc1ccccc1-c1nnc(-c2ccc(C(=O)NCCCc3cn(-c4ccccc4)nc3C)cc2)o1. The van der Waals surface area contributed by atoms with E-state index in [9.17, 15) is 4.79 Å². The summed E-state index contributed by atoms with van der Waals surface area (Å²) in [6.07, 6.45) is 3.74. The third-order valence-corrected chi connectivity index (χ3v) is 6.12. The summed E-state index contributed by atoms with van der Waals surface area (Å²) in [5, 5.41) is 16.0. The van der Waals surface area contributed by atoms with Gasteiger partial charge in [-0.2, -0.15) is 5.10 Å². The van der Waals surface area contributed by atoms with E-state index < -0.39 is 0 Å². The molecule has 0 aliphatic carbocycles. The first kappa shape index (κ1) is 23.2. The van der Waals surface area contributed by atoms with Crippen molar-refractivity contribution in [2.24, 2.45) is 0 Å². The predicted octanol–water partition coefficient (Wildman–Crippen LogP) is 5.57. The molecule has 0 aliphatic rings. The van der Waals surface area contributed by atoms with E-state index in [2.05, 4.69) is 26.8 Å². The van der Waals surface area contributed by atoms with Gasteiger partial charge in [0.15, 0.2) is 0 Å². The smallest absolute Gasteiger partial charge is 0.251 e. The molecule has 0 unspecified atom stereocenters. The van der Waals surface area contributed by atoms with Crippen molar-refractivity contribution in [3.05, 3.63) is 107 Å². The molecule has 0 fully saturated rings. The lowest BCUT2D eigenvalue weighted by Gasteiger charge is -2.05. The second-order valence-corrected chi connectivity index (χ2v) is 8.68. The molecule has 2 aromatic heterocycles. The van der Waals surface area contributed by atoms with Crippen LogP contribution in [0.3, 0.4) is 0 Å². The van der Waals surface area contributed by atoms with Gasteiger partial charge >= 0.3 is 0 Å². The Hall–Kier alpha value is -4.52. The molecule has 3 aromatic carbocycles. The average molecular weight is 478 g/mol. The van der Waals surface area contributed by atoms with Crippen LogP contribution in [0.4, 0.5) is 0 Å². The molecule has 5 aromatic rings. The van der Waals surface area contributed by atoms with Crippen molar-refractivity contribution < 1.29 is 9.21 Å². The zero-order valence-corrected chi connectivity index (χ0v) is 20.3. The minimum atomic E-state index is -0.107. The van der Waals surface area contributed by atoms with Crippen molar-refractivity contribution in [2.75, 3.05) is 6.54 Å². The molecule has 7 nitrogen and oxygen atoms in total. The summed E-state index contributed by atoms with van der Waals surface area (Å²) < 4.78 is 7.77. The van der Waals surface area contributed by atoms with Gasteiger partial charge in [0.25, 0.3) is 5.91 Å². The van der Waals surface area contributed by atoms with Crippen LogP contribution in [0.15, 0.2) is 89.5 Å². The number of aromatic nitrogens is 4. The van der Waals surface area contributed by atoms with Crippen molar-refractivity contribution in [3.8, 4) is 28.6 Å². The van der Waals surface area contributed by atoms with Gasteiger partial charge < -0.3 is 9.73 Å². The molecule has 2 heterocycles. The van der Waals surface area contributed by atoms with Gasteiger partial charge in [0.2, 0.25) is 11.8 Å². The van der Waals surface area contributed by atoms with E-state index in [0.717, 1.165) is 40.9 Å². The predicted molar refractivity (Wildman–Crippen MR) is 139 cm³/mol. The fourth-order valence-corrected chi connectivity index (χ4v) is 4.06. The Morgan fingerprint density at radius 2 is 1.61 bits per heavy atom. The number of carbonyl (C=O) groups excluding carboxylic acids is 1. The highest BCUT2D eigenvalue weighted by molar-refractivity contribution is 5.94. The van der Waals surface area contributed by atoms with Crippen molar-refractivity contribution in [2.45, 2.75) is 26.7 Å². The summed E-state index contributed by atoms with van der Waals surface area (Å²) >= 11 is 0. The lowest BCUT2D eigenvalue weighted by atomic mass is 10.1. The summed E-state index contributed by atoms with van der Waals surface area (Å²) in [5.41, 5.74) is 6.56. The second-order valence-electron chi connectivity index (χ2n) is 8.68. The molecule has 36 heavy (non-hydrogen) atoms. The fraction of sp³-hybridized carbons (Fsp3) is 0.172. The molecule has 0 saturated heterocycles. The summed E-state index contributed by atoms with van der Waals surface area (Å²) in [6, 6.07) is 25.1. The number of hydrogen-bond acceptors (Lipinski definition) is 5. The highest BCUT2D eigenvalue weighted by atomic mass is 16.4. The van der Waals surface area contributed by atoms with Gasteiger partial charge in [0, 0.05) is 29.4 Å². The van der Waals surface area contributed by atoms with E-state index in [1.54, 1.807) is 12.1 Å². The van der Waals surface area contributed by atoms with Gasteiger partial charge in [-0.3, -0.25) is 4.79 Å². The Balaban J connectivity index is 1.15. The second kappa shape index (κ2) is 10.4. The van der Waals surface area contributed by atoms with Crippen LogP contribution in [-0.2, 0) is 6.42 Å². The number of nitrogens with zero attached hydrogens (tertiary/aromatic N) is 4. The van der Waals surface area contributed by atoms with Crippen molar-refractivity contribution in [3.63, 3.8) is 0 Å². The molecule has 0 aliphatic heterocycles. The quantitative estimate of drug-likeness (QED) is 0.295. The number of amides is 1. The van der Waals surface area contributed by atoms with E-state index in [1.165, 1.54) is 5.56 Å². The Morgan fingerprint density at radius 1 is 0.889 bits per heavy atom. The zero-order chi connectivity index (χ0) is 24.9. The molecular weight excluding hydrogens is 450 g/mol. The first-order valence-electron chi connectivity index (χ1n) is 12.0. The van der Waals surface area contributed by atoms with E-state index in [-0.39, 0.29) is 5.91 Å². The third kappa shape index (κ3) is 5.10. The minimum Gasteiger partial charge on any atom is -0.416 e. The van der Waals surface area contributed by atoms with Gasteiger partial charge in [0.05, 0.1) is 11.4 Å². The first-order chi connectivity index (χ1) is 17.6. The van der Waals surface area contributed by atoms with Crippen LogP contribution >= 0.6 is 0 Å². The molecule has 180 valence electrons. The lowest BCUT2D eigenvalue weighted by Crippen LogP contribution is -2.24. The fourth-order valence-electron chi connectivity index (χ4n) is 4.06. The third-order valence-electron chi connectivity index (χ3n) is 6.12. The van der Waals surface area contributed by atoms with E-state index in [0.29, 0.717) is 23.9 Å². The van der Waals surface area contributed by atoms with Crippen LogP contribution in [0.25, 0.3) is 28.6 Å². The largest absolute Gasteiger partial charge is 0.416 e. The van der Waals surface area contributed by atoms with Gasteiger partial charge in [-0.1, -0.05) is 36.4 Å². The highest BCUT2D eigenvalue weighted by Gasteiger charge is 2.13. The molecular formula is C29H27N5O2. The number of para-hydroxylation sites is 1. The Morgan fingerprint density at radius 3 is 2.39 bits per heavy atom. The molecule has 1 amide bonds. The zero-order valence-electron chi connectivity index (χ0n) is 20.3. The standard InChI is InChI=1S/C29H27N5O2/c1-20-9-6-7-13-26(20)29-32-31-28(36-29)23-16-14-22(15-17-23)27(35)30-18-8-10-24-19-34(33-21(24)2)25-11-4-3-5-12-25/h3-7,9,11-17,19H,8,10,18H2,1-2H3,(H,30,35). The summed E-state index contributed by atoms with van der Waals surface area (Å²) in [4.78, 5) is 12.6. The number of carbonyl (C=O) groups is 1. The maximum atomic E-state index is 12.6. The van der Waals surface area contributed by atoms with Crippen LogP contribution in [0.5, 0.6) is 0 Å². The topological polar surface area (TPSA) is 85.8 Å². The number of rotatable bonds is 8. The Kier molecular flexibility index (Phi) is 6.71. The molecule has 7 heteroatoms. The van der Waals surface area contributed by atoms with Crippen LogP contribution < -0.4 is 5.32 Å². The monoisotopic (exact) mass is 477 g/mol. The van der Waals surface area contributed by atoms with E-state index in [1.807, 2.05) is 85.3 Å². The van der Waals surface area contributed by atoms with Crippen LogP contribution in [0.2, 0.25) is 0 Å². The van der Waals surface area contributed by atoms with Crippen LogP contribution in [-0.4, -0.2) is 32.4 Å². The van der Waals surface area contributed by atoms with Gasteiger partial charge in [-0.25, -0.2) is 4.68 Å². The van der Waals surface area contributed by atoms with Crippen LogP contribution in [0.1, 0.15) is 33.6 Å². The summed E-state index contributed by atoms with van der Waals surface area (Å²) in [5.74, 6) is 0.797. The van der Waals surface area contributed by atoms with E-state index >= 15 is 0 Å². The van der Waals surface area contributed by atoms with Crippen molar-refractivity contribution in [1.82, 2.24) is 25.3 Å². The normalized spacial score (nSPS) is 10.9. The molecule has 5 rings (SSSR count). The Labute approximate surface area is 209 Å². The molecule has 0 spiro atoms. The van der Waals surface area contributed by atoms with Crippen molar-refractivity contribution in [1.29, 1.82) is 0 Å². The summed E-state index contributed by atoms with van der Waals surface area (Å²) in [6.45, 7) is 4.60. The van der Waals surface area contributed by atoms with Gasteiger partial charge in [0.1, 0.15) is 0 Å². The van der Waals surface area contributed by atoms with Crippen LogP contribution in [0, 0.1) is 13.8 Å². The number of hydrogen-bond donors (Lipinski definition) is 1. The van der Waals surface area contributed by atoms with Gasteiger partial charge in [-0.05, 0) is 80.3 Å². The lowest BCUT2D eigenvalue weighted by molar-refractivity contribution is 0.0953.